The summed E-state index contributed by atoms with van der Waals surface area (Å²) in [6.45, 7) is 4.12. The van der Waals surface area contributed by atoms with Crippen LogP contribution in [0.15, 0.2) is 69.5 Å². The van der Waals surface area contributed by atoms with Crippen molar-refractivity contribution in [1.82, 2.24) is 19.2 Å². The normalized spacial score (nSPS) is 11.2. The first-order chi connectivity index (χ1) is 13.6. The molecule has 2 heterocycles. The number of rotatable bonds is 6. The van der Waals surface area contributed by atoms with Crippen LogP contribution in [0.2, 0.25) is 0 Å². The lowest BCUT2D eigenvalue weighted by atomic mass is 10.2. The van der Waals surface area contributed by atoms with Gasteiger partial charge in [-0.3, -0.25) is 13.8 Å². The third kappa shape index (κ3) is 3.22. The van der Waals surface area contributed by atoms with Crippen molar-refractivity contribution in [2.24, 2.45) is 0 Å². The van der Waals surface area contributed by atoms with Crippen LogP contribution in [0.3, 0.4) is 0 Å². The fourth-order valence-electron chi connectivity index (χ4n) is 3.12. The van der Waals surface area contributed by atoms with Gasteiger partial charge in [-0.25, -0.2) is 0 Å². The molecule has 4 rings (SSSR count). The van der Waals surface area contributed by atoms with E-state index in [2.05, 4.69) is 32.7 Å². The second kappa shape index (κ2) is 7.81. The number of aromatic nitrogens is 4. The summed E-state index contributed by atoms with van der Waals surface area (Å²) in [5.74, 6) is 1.98. The Bertz CT molecular complexity index is 1250. The number of methoxy groups -OCH3 is 1. The van der Waals surface area contributed by atoms with E-state index in [4.69, 9.17) is 4.74 Å². The van der Waals surface area contributed by atoms with Gasteiger partial charge in [0, 0.05) is 22.3 Å². The van der Waals surface area contributed by atoms with Crippen molar-refractivity contribution >= 4 is 44.4 Å². The van der Waals surface area contributed by atoms with Gasteiger partial charge >= 0.3 is 0 Å². The van der Waals surface area contributed by atoms with Crippen molar-refractivity contribution in [2.45, 2.75) is 17.5 Å². The molecule has 0 fully saturated rings. The number of benzene rings is 2. The average Bonchev–Trinajstić information content (AvgIpc) is 3.13. The SMILES string of the molecule is C=CCn1c(=O)c2ccccc2n2c(SCc3cc(Br)ccc3OC)nnc12. The molecule has 0 saturated carbocycles. The van der Waals surface area contributed by atoms with Crippen LogP contribution in [0.4, 0.5) is 0 Å². The third-order valence-corrected chi connectivity index (χ3v) is 5.86. The maximum absolute atomic E-state index is 12.8. The first kappa shape index (κ1) is 18.8. The van der Waals surface area contributed by atoms with Crippen molar-refractivity contribution in [2.75, 3.05) is 7.11 Å². The summed E-state index contributed by atoms with van der Waals surface area (Å²) in [5, 5.41) is 9.98. The highest BCUT2D eigenvalue weighted by atomic mass is 79.9. The molecule has 6 nitrogen and oxygen atoms in total. The Morgan fingerprint density at radius 2 is 2.07 bits per heavy atom. The summed E-state index contributed by atoms with van der Waals surface area (Å²) in [4.78, 5) is 12.8. The summed E-state index contributed by atoms with van der Waals surface area (Å²) in [6, 6.07) is 13.4. The highest BCUT2D eigenvalue weighted by molar-refractivity contribution is 9.10. The van der Waals surface area contributed by atoms with E-state index in [9.17, 15) is 4.79 Å². The molecule has 142 valence electrons. The molecular weight excluding hydrogens is 440 g/mol. The second-order valence-corrected chi connectivity index (χ2v) is 7.94. The number of nitrogens with zero attached hydrogens (tertiary/aromatic N) is 4. The fourth-order valence-corrected chi connectivity index (χ4v) is 4.45. The van der Waals surface area contributed by atoms with Gasteiger partial charge in [0.15, 0.2) is 5.16 Å². The van der Waals surface area contributed by atoms with Crippen LogP contribution in [0.1, 0.15) is 5.56 Å². The minimum Gasteiger partial charge on any atom is -0.496 e. The molecule has 28 heavy (non-hydrogen) atoms. The van der Waals surface area contributed by atoms with E-state index in [0.29, 0.717) is 28.6 Å². The topological polar surface area (TPSA) is 61.4 Å². The van der Waals surface area contributed by atoms with Crippen molar-refractivity contribution < 1.29 is 4.74 Å². The lowest BCUT2D eigenvalue weighted by molar-refractivity contribution is 0.411. The molecule has 8 heteroatoms. The number of halogens is 1. The van der Waals surface area contributed by atoms with E-state index in [1.165, 1.54) is 0 Å². The van der Waals surface area contributed by atoms with E-state index < -0.39 is 0 Å². The van der Waals surface area contributed by atoms with E-state index in [-0.39, 0.29) is 5.56 Å². The summed E-state index contributed by atoms with van der Waals surface area (Å²) in [5.41, 5.74) is 1.74. The molecule has 0 aliphatic carbocycles. The Labute approximate surface area is 174 Å². The zero-order valence-electron chi connectivity index (χ0n) is 15.1. The predicted octanol–water partition coefficient (Wildman–Crippen LogP) is 4.29. The minimum absolute atomic E-state index is 0.0967. The van der Waals surface area contributed by atoms with Gasteiger partial charge in [0.05, 0.1) is 18.0 Å². The average molecular weight is 457 g/mol. The first-order valence-electron chi connectivity index (χ1n) is 8.57. The van der Waals surface area contributed by atoms with Gasteiger partial charge in [0.25, 0.3) is 5.56 Å². The van der Waals surface area contributed by atoms with Gasteiger partial charge in [0.2, 0.25) is 5.78 Å². The molecule has 0 bridgehead atoms. The summed E-state index contributed by atoms with van der Waals surface area (Å²) in [7, 11) is 1.66. The maximum Gasteiger partial charge on any atom is 0.263 e. The lowest BCUT2D eigenvalue weighted by Crippen LogP contribution is -2.22. The molecule has 0 N–H and O–H groups in total. The van der Waals surface area contributed by atoms with E-state index in [0.717, 1.165) is 21.3 Å². The molecular formula is C20H17BrN4O2S. The number of para-hydroxylation sites is 1. The van der Waals surface area contributed by atoms with Gasteiger partial charge in [-0.2, -0.15) is 0 Å². The van der Waals surface area contributed by atoms with Crippen LogP contribution < -0.4 is 10.3 Å². The Morgan fingerprint density at radius 1 is 1.25 bits per heavy atom. The number of allylic oxidation sites excluding steroid dienone is 1. The van der Waals surface area contributed by atoms with Gasteiger partial charge in [-0.1, -0.05) is 45.9 Å². The van der Waals surface area contributed by atoms with Crippen molar-refractivity contribution in [3.8, 4) is 5.75 Å². The molecule has 0 aliphatic heterocycles. The van der Waals surface area contributed by atoms with Crippen LogP contribution >= 0.6 is 27.7 Å². The standard InChI is InChI=1S/C20H17BrN4O2S/c1-3-10-24-18(26)15-6-4-5-7-16(15)25-19(24)22-23-20(25)28-12-13-11-14(21)8-9-17(13)27-2/h3-9,11H,1,10,12H2,2H3. The highest BCUT2D eigenvalue weighted by Crippen LogP contribution is 2.30. The van der Waals surface area contributed by atoms with E-state index in [1.54, 1.807) is 29.5 Å². The number of hydrogen-bond acceptors (Lipinski definition) is 5. The Morgan fingerprint density at radius 3 is 2.86 bits per heavy atom. The van der Waals surface area contributed by atoms with Gasteiger partial charge < -0.3 is 4.74 Å². The van der Waals surface area contributed by atoms with E-state index >= 15 is 0 Å². The molecule has 2 aromatic carbocycles. The zero-order chi connectivity index (χ0) is 19.7. The number of hydrogen-bond donors (Lipinski definition) is 0. The largest absolute Gasteiger partial charge is 0.496 e. The maximum atomic E-state index is 12.8. The predicted molar refractivity (Wildman–Crippen MR) is 115 cm³/mol. The summed E-state index contributed by atoms with van der Waals surface area (Å²) < 4.78 is 9.96. The molecule has 0 radical (unpaired) electrons. The van der Waals surface area contributed by atoms with E-state index in [1.807, 2.05) is 46.9 Å². The molecule has 0 aliphatic rings. The van der Waals surface area contributed by atoms with Gasteiger partial charge in [-0.05, 0) is 30.3 Å². The molecule has 4 aromatic rings. The van der Waals surface area contributed by atoms with Crippen LogP contribution in [0.25, 0.3) is 16.7 Å². The summed E-state index contributed by atoms with van der Waals surface area (Å²) in [6.07, 6.45) is 1.68. The van der Waals surface area contributed by atoms with Gasteiger partial charge in [0.1, 0.15) is 5.75 Å². The number of ether oxygens (including phenoxy) is 1. The van der Waals surface area contributed by atoms with Gasteiger partial charge in [-0.15, -0.1) is 16.8 Å². The van der Waals surface area contributed by atoms with Crippen LogP contribution in [-0.2, 0) is 12.3 Å². The lowest BCUT2D eigenvalue weighted by Gasteiger charge is -2.10. The first-order valence-corrected chi connectivity index (χ1v) is 10.3. The Hall–Kier alpha value is -2.58. The number of fused-ring (bicyclic) bond motifs is 3. The van der Waals surface area contributed by atoms with Crippen molar-refractivity contribution in [3.05, 3.63) is 75.5 Å². The zero-order valence-corrected chi connectivity index (χ0v) is 17.5. The monoisotopic (exact) mass is 456 g/mol. The Balaban J connectivity index is 1.84. The molecule has 0 saturated heterocycles. The fraction of sp³-hybridized carbons (Fsp3) is 0.150. The van der Waals surface area contributed by atoms with Crippen LogP contribution in [0.5, 0.6) is 5.75 Å². The second-order valence-electron chi connectivity index (χ2n) is 6.08. The third-order valence-electron chi connectivity index (χ3n) is 4.39. The van der Waals surface area contributed by atoms with Crippen LogP contribution in [-0.4, -0.2) is 26.3 Å². The highest BCUT2D eigenvalue weighted by Gasteiger charge is 2.16. The molecule has 0 amide bonds. The number of thioether (sulfide) groups is 1. The van der Waals surface area contributed by atoms with Crippen LogP contribution in [0, 0.1) is 0 Å². The van der Waals surface area contributed by atoms with Crippen molar-refractivity contribution in [3.63, 3.8) is 0 Å². The molecule has 0 unspecified atom stereocenters. The summed E-state index contributed by atoms with van der Waals surface area (Å²) >= 11 is 5.05. The molecule has 0 spiro atoms. The Kier molecular flexibility index (Phi) is 5.23. The smallest absolute Gasteiger partial charge is 0.263 e. The quantitative estimate of drug-likeness (QED) is 0.319. The molecule has 0 atom stereocenters. The molecule has 2 aromatic heterocycles. The minimum atomic E-state index is -0.0967. The van der Waals surface area contributed by atoms with Crippen molar-refractivity contribution in [1.29, 1.82) is 0 Å².